The van der Waals surface area contributed by atoms with Crippen molar-refractivity contribution in [3.05, 3.63) is 48.6 Å². The Hall–Kier alpha value is -2.18. The number of hydrogen-bond acceptors (Lipinski definition) is 4. The summed E-state index contributed by atoms with van der Waals surface area (Å²) in [6.45, 7) is 3.44. The summed E-state index contributed by atoms with van der Waals surface area (Å²) in [6, 6.07) is 8.96. The molecule has 1 fully saturated rings. The lowest BCUT2D eigenvalue weighted by Crippen LogP contribution is -2.45. The molecular formula is C25H38N2O4. The van der Waals surface area contributed by atoms with Gasteiger partial charge in [-0.2, -0.15) is 0 Å². The summed E-state index contributed by atoms with van der Waals surface area (Å²) >= 11 is 0. The Balaban J connectivity index is 1.87. The zero-order chi connectivity index (χ0) is 22.5. The molecule has 0 saturated heterocycles. The number of nitrogens with one attached hydrogen (secondary N) is 2. The van der Waals surface area contributed by atoms with Crippen molar-refractivity contribution in [2.24, 2.45) is 11.8 Å². The fourth-order valence-electron chi connectivity index (χ4n) is 4.38. The van der Waals surface area contributed by atoms with E-state index >= 15 is 0 Å². The maximum absolute atomic E-state index is 12.8. The fourth-order valence-corrected chi connectivity index (χ4v) is 4.38. The summed E-state index contributed by atoms with van der Waals surface area (Å²) in [4.78, 5) is 25.4. The summed E-state index contributed by atoms with van der Waals surface area (Å²) in [5.41, 5.74) is 1.02. The first kappa shape index (κ1) is 25.1. The van der Waals surface area contributed by atoms with E-state index in [4.69, 9.17) is 0 Å². The zero-order valence-electron chi connectivity index (χ0n) is 18.5. The van der Waals surface area contributed by atoms with E-state index in [1.165, 1.54) is 19.3 Å². The summed E-state index contributed by atoms with van der Waals surface area (Å²) in [5, 5.41) is 25.2. The Kier molecular flexibility index (Phi) is 11.3. The molecule has 1 aromatic rings. The van der Waals surface area contributed by atoms with Crippen molar-refractivity contribution in [3.63, 3.8) is 0 Å². The summed E-state index contributed by atoms with van der Waals surface area (Å²) in [5.74, 6) is -0.511. The molecule has 0 aliphatic heterocycles. The van der Waals surface area contributed by atoms with Gasteiger partial charge in [0.1, 0.15) is 0 Å². The van der Waals surface area contributed by atoms with Crippen molar-refractivity contribution < 1.29 is 19.8 Å². The molecule has 172 valence electrons. The molecule has 0 radical (unpaired) electrons. The van der Waals surface area contributed by atoms with Crippen LogP contribution < -0.4 is 10.6 Å². The highest BCUT2D eigenvalue weighted by atomic mass is 16.3. The van der Waals surface area contributed by atoms with Crippen LogP contribution >= 0.6 is 0 Å². The van der Waals surface area contributed by atoms with Crippen LogP contribution in [-0.2, 0) is 16.0 Å². The number of carbonyl (C=O) groups excluding carboxylic acids is 2. The molecule has 0 bridgehead atoms. The number of aliphatic hydroxyl groups is 2. The van der Waals surface area contributed by atoms with Crippen LogP contribution in [0.3, 0.4) is 0 Å². The standard InChI is InChI=1S/C25H38N2O4/c1-2-9-21(25(31)27-23(18-29)15-20-12-7-4-8-13-20)16-24(30)26-22(17-28)14-19-10-5-3-6-11-19/h2-3,5-6,10-11,20-23,28-29H,1,4,7-9,12-18H2,(H,26,30)(H,27,31)/t21-,22+,23+/m1/s1. The molecule has 1 saturated carbocycles. The van der Waals surface area contributed by atoms with Gasteiger partial charge in [-0.25, -0.2) is 0 Å². The van der Waals surface area contributed by atoms with Gasteiger partial charge in [0.15, 0.2) is 0 Å². The molecule has 3 atom stereocenters. The van der Waals surface area contributed by atoms with Crippen molar-refractivity contribution in [2.75, 3.05) is 13.2 Å². The Labute approximate surface area is 186 Å². The summed E-state index contributed by atoms with van der Waals surface area (Å²) < 4.78 is 0. The van der Waals surface area contributed by atoms with Crippen LogP contribution in [0.5, 0.6) is 0 Å². The Morgan fingerprint density at radius 1 is 1.03 bits per heavy atom. The topological polar surface area (TPSA) is 98.7 Å². The molecule has 0 spiro atoms. The third-order valence-electron chi connectivity index (χ3n) is 6.07. The summed E-state index contributed by atoms with van der Waals surface area (Å²) in [6.07, 6.45) is 9.32. The molecule has 1 aromatic carbocycles. The van der Waals surface area contributed by atoms with Gasteiger partial charge in [-0.05, 0) is 30.7 Å². The lowest BCUT2D eigenvalue weighted by atomic mass is 9.85. The van der Waals surface area contributed by atoms with E-state index in [1.807, 2.05) is 30.3 Å². The predicted molar refractivity (Wildman–Crippen MR) is 122 cm³/mol. The number of benzene rings is 1. The molecule has 2 rings (SSSR count). The highest BCUT2D eigenvalue weighted by Crippen LogP contribution is 2.27. The van der Waals surface area contributed by atoms with Gasteiger partial charge in [0.2, 0.25) is 11.8 Å². The minimum absolute atomic E-state index is 0.0186. The van der Waals surface area contributed by atoms with Gasteiger partial charge in [0, 0.05) is 6.42 Å². The predicted octanol–water partition coefficient (Wildman–Crippen LogP) is 2.74. The van der Waals surface area contributed by atoms with Gasteiger partial charge < -0.3 is 20.8 Å². The third kappa shape index (κ3) is 9.23. The van der Waals surface area contributed by atoms with Crippen molar-refractivity contribution in [3.8, 4) is 0 Å². The van der Waals surface area contributed by atoms with Gasteiger partial charge in [0.25, 0.3) is 0 Å². The van der Waals surface area contributed by atoms with Crippen LogP contribution in [0, 0.1) is 11.8 Å². The van der Waals surface area contributed by atoms with Gasteiger partial charge in [0.05, 0.1) is 31.2 Å². The van der Waals surface area contributed by atoms with Gasteiger partial charge in [-0.3, -0.25) is 9.59 Å². The van der Waals surface area contributed by atoms with Crippen LogP contribution in [0.15, 0.2) is 43.0 Å². The first-order valence-corrected chi connectivity index (χ1v) is 11.5. The van der Waals surface area contributed by atoms with E-state index in [1.54, 1.807) is 6.08 Å². The smallest absolute Gasteiger partial charge is 0.224 e. The van der Waals surface area contributed by atoms with E-state index in [9.17, 15) is 19.8 Å². The molecule has 0 heterocycles. The van der Waals surface area contributed by atoms with Gasteiger partial charge in [-0.15, -0.1) is 6.58 Å². The van der Waals surface area contributed by atoms with E-state index in [2.05, 4.69) is 17.2 Å². The molecule has 1 aliphatic carbocycles. The van der Waals surface area contributed by atoms with Crippen molar-refractivity contribution in [1.82, 2.24) is 10.6 Å². The van der Waals surface area contributed by atoms with Crippen LogP contribution in [0.25, 0.3) is 0 Å². The monoisotopic (exact) mass is 430 g/mol. The second kappa shape index (κ2) is 14.0. The largest absolute Gasteiger partial charge is 0.394 e. The Bertz CT molecular complexity index is 673. The highest BCUT2D eigenvalue weighted by molar-refractivity contribution is 5.86. The van der Waals surface area contributed by atoms with Crippen molar-refractivity contribution >= 4 is 11.8 Å². The normalized spacial score (nSPS) is 17.4. The lowest BCUT2D eigenvalue weighted by molar-refractivity contribution is -0.131. The van der Waals surface area contributed by atoms with E-state index < -0.39 is 12.0 Å². The van der Waals surface area contributed by atoms with Crippen molar-refractivity contribution in [1.29, 1.82) is 0 Å². The third-order valence-corrected chi connectivity index (χ3v) is 6.07. The van der Waals surface area contributed by atoms with Crippen LogP contribution in [-0.4, -0.2) is 47.3 Å². The maximum atomic E-state index is 12.8. The molecule has 4 N–H and O–H groups in total. The number of rotatable bonds is 13. The summed E-state index contributed by atoms with van der Waals surface area (Å²) in [7, 11) is 0. The molecule has 1 aliphatic rings. The minimum atomic E-state index is -0.547. The second-order valence-corrected chi connectivity index (χ2v) is 8.69. The minimum Gasteiger partial charge on any atom is -0.394 e. The maximum Gasteiger partial charge on any atom is 0.224 e. The fraction of sp³-hybridized carbons (Fsp3) is 0.600. The number of hydrogen-bond donors (Lipinski definition) is 4. The van der Waals surface area contributed by atoms with Gasteiger partial charge in [-0.1, -0.05) is 68.5 Å². The van der Waals surface area contributed by atoms with Crippen LogP contribution in [0.2, 0.25) is 0 Å². The van der Waals surface area contributed by atoms with E-state index in [0.717, 1.165) is 24.8 Å². The molecule has 2 amide bonds. The Morgan fingerprint density at radius 3 is 2.32 bits per heavy atom. The Morgan fingerprint density at radius 2 is 1.71 bits per heavy atom. The molecule has 0 unspecified atom stereocenters. The number of carbonyl (C=O) groups is 2. The number of amides is 2. The molecule has 0 aromatic heterocycles. The molecule has 6 heteroatoms. The number of aliphatic hydroxyl groups excluding tert-OH is 2. The van der Waals surface area contributed by atoms with Gasteiger partial charge >= 0.3 is 0 Å². The van der Waals surface area contributed by atoms with E-state index in [-0.39, 0.29) is 37.5 Å². The first-order valence-electron chi connectivity index (χ1n) is 11.5. The van der Waals surface area contributed by atoms with Crippen molar-refractivity contribution in [2.45, 2.75) is 69.9 Å². The average Bonchev–Trinajstić information content (AvgIpc) is 2.79. The first-order chi connectivity index (χ1) is 15.0. The quantitative estimate of drug-likeness (QED) is 0.362. The van der Waals surface area contributed by atoms with Crippen LogP contribution in [0.4, 0.5) is 0 Å². The molecule has 6 nitrogen and oxygen atoms in total. The average molecular weight is 431 g/mol. The second-order valence-electron chi connectivity index (χ2n) is 8.69. The SMILES string of the molecule is C=CC[C@H](CC(=O)N[C@H](CO)Cc1ccccc1)C(=O)N[C@H](CO)CC1CCCCC1. The number of allylic oxidation sites excluding steroid dienone is 1. The molecule has 31 heavy (non-hydrogen) atoms. The van der Waals surface area contributed by atoms with E-state index in [0.29, 0.717) is 18.8 Å². The highest BCUT2D eigenvalue weighted by Gasteiger charge is 2.26. The zero-order valence-corrected chi connectivity index (χ0v) is 18.5. The van der Waals surface area contributed by atoms with Crippen LogP contribution in [0.1, 0.15) is 56.9 Å². The lowest BCUT2D eigenvalue weighted by Gasteiger charge is -2.27. The molecular weight excluding hydrogens is 392 g/mol.